The van der Waals surface area contributed by atoms with Gasteiger partial charge in [0.15, 0.2) is 4.60 Å². The van der Waals surface area contributed by atoms with Gasteiger partial charge in [-0.25, -0.2) is 4.68 Å². The maximum Gasteiger partial charge on any atom is 0.153 e. The fourth-order valence-electron chi connectivity index (χ4n) is 3.34. The lowest BCUT2D eigenvalue weighted by Gasteiger charge is -2.47. The third kappa shape index (κ3) is 3.32. The largest absolute Gasteiger partial charge is 0.376 e. The molecule has 0 aromatic carbocycles. The van der Waals surface area contributed by atoms with E-state index in [-0.39, 0.29) is 11.6 Å². The number of nitrogens with one attached hydrogen (secondary N) is 1. The molecule has 1 aromatic heterocycles. The van der Waals surface area contributed by atoms with Gasteiger partial charge in [-0.1, -0.05) is 26.0 Å². The van der Waals surface area contributed by atoms with Crippen molar-refractivity contribution in [2.24, 2.45) is 12.5 Å². The highest BCUT2D eigenvalue weighted by Crippen LogP contribution is 2.47. The Morgan fingerprint density at radius 1 is 1.33 bits per heavy atom. The second-order valence-corrected chi connectivity index (χ2v) is 7.56. The van der Waals surface area contributed by atoms with Gasteiger partial charge in [-0.15, -0.1) is 5.10 Å². The quantitative estimate of drug-likeness (QED) is 0.877. The molecule has 1 saturated carbocycles. The van der Waals surface area contributed by atoms with Crippen LogP contribution in [0.4, 0.5) is 0 Å². The highest BCUT2D eigenvalue weighted by Gasteiger charge is 2.46. The average Bonchev–Trinajstić information content (AvgIpc) is 2.77. The summed E-state index contributed by atoms with van der Waals surface area (Å²) in [6.45, 7) is 7.70. The van der Waals surface area contributed by atoms with Crippen molar-refractivity contribution >= 4 is 15.9 Å². The second kappa shape index (κ2) is 6.34. The Labute approximate surface area is 135 Å². The molecule has 21 heavy (non-hydrogen) atoms. The van der Waals surface area contributed by atoms with Crippen molar-refractivity contribution in [3.05, 3.63) is 10.3 Å². The monoisotopic (exact) mass is 358 g/mol. The van der Waals surface area contributed by atoms with Crippen LogP contribution in [0.3, 0.4) is 0 Å². The van der Waals surface area contributed by atoms with Crippen molar-refractivity contribution in [2.45, 2.75) is 58.1 Å². The van der Waals surface area contributed by atoms with Crippen molar-refractivity contribution in [3.63, 3.8) is 0 Å². The van der Waals surface area contributed by atoms with Crippen LogP contribution in [-0.2, 0) is 11.8 Å². The molecule has 6 heteroatoms. The predicted molar refractivity (Wildman–Crippen MR) is 87.1 cm³/mol. The summed E-state index contributed by atoms with van der Waals surface area (Å²) < 4.78 is 8.72. The average molecular weight is 359 g/mol. The number of aryl methyl sites for hydroxylation is 1. The van der Waals surface area contributed by atoms with Crippen molar-refractivity contribution in [1.82, 2.24) is 20.3 Å². The molecule has 1 unspecified atom stereocenters. The maximum atomic E-state index is 6.07. The predicted octanol–water partition coefficient (Wildman–Crippen LogP) is 3.21. The Hall–Kier alpha value is -0.460. The summed E-state index contributed by atoms with van der Waals surface area (Å²) >= 11 is 3.54. The van der Waals surface area contributed by atoms with Gasteiger partial charge in [0.25, 0.3) is 0 Å². The standard InChI is InChI=1S/C15H27BrN4O/c1-6-17-12(11-13(16)18-19-20(11)4)15(21-5)9-7-14(2,3)8-10-15/h12,17H,6-10H2,1-5H3. The normalized spacial score (nSPS) is 22.2. The lowest BCUT2D eigenvalue weighted by Crippen LogP contribution is -2.49. The molecule has 0 amide bonds. The van der Waals surface area contributed by atoms with Crippen LogP contribution in [0.1, 0.15) is 58.2 Å². The summed E-state index contributed by atoms with van der Waals surface area (Å²) in [7, 11) is 3.77. The van der Waals surface area contributed by atoms with E-state index in [1.165, 1.54) is 12.8 Å². The number of hydrogen-bond donors (Lipinski definition) is 1. The van der Waals surface area contributed by atoms with E-state index in [1.807, 2.05) is 18.8 Å². The van der Waals surface area contributed by atoms with Crippen LogP contribution < -0.4 is 5.32 Å². The van der Waals surface area contributed by atoms with Crippen molar-refractivity contribution in [1.29, 1.82) is 0 Å². The first-order chi connectivity index (χ1) is 9.85. The molecule has 5 nitrogen and oxygen atoms in total. The third-order valence-corrected chi connectivity index (χ3v) is 5.46. The van der Waals surface area contributed by atoms with Crippen molar-refractivity contribution in [3.8, 4) is 0 Å². The van der Waals surface area contributed by atoms with Gasteiger partial charge in [0, 0.05) is 14.2 Å². The van der Waals surface area contributed by atoms with E-state index in [0.717, 1.165) is 29.7 Å². The Balaban J connectivity index is 2.36. The van der Waals surface area contributed by atoms with E-state index >= 15 is 0 Å². The summed E-state index contributed by atoms with van der Waals surface area (Å²) in [6.07, 6.45) is 4.44. The molecule has 1 heterocycles. The Morgan fingerprint density at radius 2 is 1.95 bits per heavy atom. The number of hydrogen-bond acceptors (Lipinski definition) is 4. The van der Waals surface area contributed by atoms with Crippen LogP contribution in [0.2, 0.25) is 0 Å². The zero-order chi connectivity index (χ0) is 15.7. The van der Waals surface area contributed by atoms with Gasteiger partial charge in [-0.3, -0.25) is 0 Å². The van der Waals surface area contributed by atoms with Crippen LogP contribution in [0, 0.1) is 5.41 Å². The number of aromatic nitrogens is 3. The first-order valence-corrected chi connectivity index (χ1v) is 8.48. The Bertz CT molecular complexity index is 457. The molecule has 0 spiro atoms. The molecule has 1 aromatic rings. The van der Waals surface area contributed by atoms with Crippen molar-refractivity contribution < 1.29 is 4.74 Å². The molecule has 1 aliphatic carbocycles. The highest BCUT2D eigenvalue weighted by atomic mass is 79.9. The molecular weight excluding hydrogens is 332 g/mol. The number of halogens is 1. The molecular formula is C15H27BrN4O. The van der Waals surface area contributed by atoms with Crippen LogP contribution in [0.5, 0.6) is 0 Å². The highest BCUT2D eigenvalue weighted by molar-refractivity contribution is 9.10. The minimum atomic E-state index is -0.191. The zero-order valence-corrected chi connectivity index (χ0v) is 15.3. The lowest BCUT2D eigenvalue weighted by molar-refractivity contribution is -0.0890. The molecule has 1 N–H and O–H groups in total. The van der Waals surface area contributed by atoms with E-state index in [9.17, 15) is 0 Å². The molecule has 2 rings (SSSR count). The van der Waals surface area contributed by atoms with Crippen molar-refractivity contribution in [2.75, 3.05) is 13.7 Å². The van der Waals surface area contributed by atoms with E-state index in [0.29, 0.717) is 5.41 Å². The summed E-state index contributed by atoms with van der Waals surface area (Å²) in [5, 5.41) is 11.9. The molecule has 0 radical (unpaired) electrons. The van der Waals surface area contributed by atoms with E-state index in [2.05, 4.69) is 52.3 Å². The van der Waals surface area contributed by atoms with Gasteiger partial charge in [0.2, 0.25) is 0 Å². The summed E-state index contributed by atoms with van der Waals surface area (Å²) in [5.74, 6) is 0. The van der Waals surface area contributed by atoms with E-state index in [1.54, 1.807) is 0 Å². The zero-order valence-electron chi connectivity index (χ0n) is 13.7. The molecule has 120 valence electrons. The van der Waals surface area contributed by atoms with Gasteiger partial charge in [-0.2, -0.15) is 0 Å². The third-order valence-electron chi connectivity index (χ3n) is 4.89. The van der Waals surface area contributed by atoms with Gasteiger partial charge in [0.05, 0.1) is 17.3 Å². The number of rotatable bonds is 5. The molecule has 0 saturated heterocycles. The molecule has 0 bridgehead atoms. The number of methoxy groups -OCH3 is 1. The number of ether oxygens (including phenoxy) is 1. The summed E-state index contributed by atoms with van der Waals surface area (Å²) in [5.41, 5.74) is 1.28. The van der Waals surface area contributed by atoms with Crippen LogP contribution in [0.25, 0.3) is 0 Å². The molecule has 1 aliphatic rings. The molecule has 1 fully saturated rings. The SMILES string of the molecule is CCNC(c1c(Br)nnn1C)C1(OC)CCC(C)(C)CC1. The van der Waals surface area contributed by atoms with E-state index < -0.39 is 0 Å². The first kappa shape index (κ1) is 16.9. The first-order valence-electron chi connectivity index (χ1n) is 7.69. The van der Waals surface area contributed by atoms with Crippen LogP contribution >= 0.6 is 15.9 Å². The molecule has 1 atom stereocenters. The summed E-state index contributed by atoms with van der Waals surface area (Å²) in [4.78, 5) is 0. The Morgan fingerprint density at radius 3 is 2.38 bits per heavy atom. The minimum absolute atomic E-state index is 0.0953. The maximum absolute atomic E-state index is 6.07. The van der Waals surface area contributed by atoms with Gasteiger partial charge in [-0.05, 0) is 53.6 Å². The number of nitrogens with zero attached hydrogens (tertiary/aromatic N) is 3. The summed E-state index contributed by atoms with van der Waals surface area (Å²) in [6, 6.07) is 0.0953. The van der Waals surface area contributed by atoms with Gasteiger partial charge >= 0.3 is 0 Å². The fraction of sp³-hybridized carbons (Fsp3) is 0.867. The number of likely N-dealkylation sites (N-methyl/N-ethyl adjacent to an activating group) is 1. The van der Waals surface area contributed by atoms with E-state index in [4.69, 9.17) is 4.74 Å². The van der Waals surface area contributed by atoms with Gasteiger partial charge in [0.1, 0.15) is 0 Å². The topological polar surface area (TPSA) is 52.0 Å². The lowest BCUT2D eigenvalue weighted by atomic mass is 9.68. The minimum Gasteiger partial charge on any atom is -0.376 e. The molecule has 0 aliphatic heterocycles. The smallest absolute Gasteiger partial charge is 0.153 e. The second-order valence-electron chi connectivity index (χ2n) is 6.81. The Kier molecular flexibility index (Phi) is 5.11. The fourth-order valence-corrected chi connectivity index (χ4v) is 3.90. The van der Waals surface area contributed by atoms with Gasteiger partial charge < -0.3 is 10.1 Å². The van der Waals surface area contributed by atoms with Crippen LogP contribution in [0.15, 0.2) is 4.60 Å². The van der Waals surface area contributed by atoms with Crippen LogP contribution in [-0.4, -0.2) is 34.2 Å².